The highest BCUT2D eigenvalue weighted by atomic mass is 16.1. The Morgan fingerprint density at radius 1 is 1.43 bits per heavy atom. The molecule has 0 saturated carbocycles. The Bertz CT molecular complexity index is 423. The summed E-state index contributed by atoms with van der Waals surface area (Å²) in [5.41, 5.74) is 1.63. The van der Waals surface area contributed by atoms with Crippen LogP contribution in [0.3, 0.4) is 0 Å². The third kappa shape index (κ3) is 2.53. The van der Waals surface area contributed by atoms with E-state index < -0.39 is 0 Å². The van der Waals surface area contributed by atoms with Gasteiger partial charge in [-0.05, 0) is 32.0 Å². The van der Waals surface area contributed by atoms with E-state index in [2.05, 4.69) is 4.99 Å². The Labute approximate surface area is 82.7 Å². The number of amides is 1. The van der Waals surface area contributed by atoms with Crippen LogP contribution in [0.25, 0.3) is 0 Å². The van der Waals surface area contributed by atoms with Crippen LogP contribution in [0.15, 0.2) is 29.3 Å². The molecule has 0 aliphatic carbocycles. The Kier molecular flexibility index (Phi) is 3.14. The molecule has 1 aromatic carbocycles. The molecule has 0 N–H and O–H groups in total. The van der Waals surface area contributed by atoms with E-state index in [4.69, 9.17) is 5.26 Å². The maximum Gasteiger partial charge on any atom is 0.276 e. The molecule has 0 heterocycles. The SMILES string of the molecule is CC(C)=NC(=O)c1cccc(C#N)c1. The van der Waals surface area contributed by atoms with Crippen molar-refractivity contribution in [2.24, 2.45) is 4.99 Å². The summed E-state index contributed by atoms with van der Waals surface area (Å²) in [4.78, 5) is 15.2. The van der Waals surface area contributed by atoms with Gasteiger partial charge in [-0.1, -0.05) is 6.07 Å². The van der Waals surface area contributed by atoms with Crippen molar-refractivity contribution in [3.8, 4) is 6.07 Å². The van der Waals surface area contributed by atoms with Crippen LogP contribution in [0.1, 0.15) is 29.8 Å². The average molecular weight is 186 g/mol. The first-order chi connectivity index (χ1) is 6.63. The fraction of sp³-hybridized carbons (Fsp3) is 0.182. The lowest BCUT2D eigenvalue weighted by atomic mass is 10.1. The quantitative estimate of drug-likeness (QED) is 0.631. The van der Waals surface area contributed by atoms with E-state index in [1.54, 1.807) is 32.0 Å². The van der Waals surface area contributed by atoms with Gasteiger partial charge in [0.1, 0.15) is 0 Å². The van der Waals surface area contributed by atoms with Crippen molar-refractivity contribution >= 4 is 11.6 Å². The molecule has 0 aliphatic heterocycles. The van der Waals surface area contributed by atoms with Crippen LogP contribution in [0.2, 0.25) is 0 Å². The lowest BCUT2D eigenvalue weighted by Gasteiger charge is -1.95. The molecule has 0 bridgehead atoms. The predicted octanol–water partition coefficient (Wildman–Crippen LogP) is 2.18. The summed E-state index contributed by atoms with van der Waals surface area (Å²) in [5, 5.41) is 8.63. The Morgan fingerprint density at radius 3 is 2.71 bits per heavy atom. The monoisotopic (exact) mass is 186 g/mol. The molecule has 0 unspecified atom stereocenters. The van der Waals surface area contributed by atoms with Crippen molar-refractivity contribution in [1.82, 2.24) is 0 Å². The Hall–Kier alpha value is -1.95. The van der Waals surface area contributed by atoms with E-state index in [1.165, 1.54) is 6.07 Å². The van der Waals surface area contributed by atoms with Gasteiger partial charge in [0.2, 0.25) is 0 Å². The molecular weight excluding hydrogens is 176 g/mol. The highest BCUT2D eigenvalue weighted by molar-refractivity contribution is 6.02. The summed E-state index contributed by atoms with van der Waals surface area (Å²) in [7, 11) is 0. The molecule has 0 spiro atoms. The van der Waals surface area contributed by atoms with Crippen LogP contribution in [0.4, 0.5) is 0 Å². The van der Waals surface area contributed by atoms with Gasteiger partial charge in [0.25, 0.3) is 5.91 Å². The second-order valence-corrected chi connectivity index (χ2v) is 3.06. The van der Waals surface area contributed by atoms with E-state index in [1.807, 2.05) is 6.07 Å². The summed E-state index contributed by atoms with van der Waals surface area (Å²) in [6, 6.07) is 8.48. The number of carbonyl (C=O) groups is 1. The number of hydrogen-bond donors (Lipinski definition) is 0. The number of hydrogen-bond acceptors (Lipinski definition) is 2. The average Bonchev–Trinajstić information content (AvgIpc) is 2.17. The fourth-order valence-corrected chi connectivity index (χ4v) is 0.989. The summed E-state index contributed by atoms with van der Waals surface area (Å²) < 4.78 is 0. The second-order valence-electron chi connectivity index (χ2n) is 3.06. The van der Waals surface area contributed by atoms with Gasteiger partial charge in [-0.25, -0.2) is 4.99 Å². The number of nitrogens with zero attached hydrogens (tertiary/aromatic N) is 2. The number of rotatable bonds is 1. The zero-order valence-corrected chi connectivity index (χ0v) is 8.11. The van der Waals surface area contributed by atoms with E-state index in [9.17, 15) is 4.79 Å². The maximum atomic E-state index is 11.4. The first-order valence-electron chi connectivity index (χ1n) is 4.20. The van der Waals surface area contributed by atoms with Crippen LogP contribution in [-0.2, 0) is 0 Å². The molecule has 1 rings (SSSR count). The molecule has 1 aromatic rings. The lowest BCUT2D eigenvalue weighted by Crippen LogP contribution is -1.98. The van der Waals surface area contributed by atoms with Crippen LogP contribution in [0, 0.1) is 11.3 Å². The lowest BCUT2D eigenvalue weighted by molar-refractivity contribution is 0.100. The molecule has 0 fully saturated rings. The molecule has 0 saturated heterocycles. The molecule has 0 atom stereocenters. The normalized spacial score (nSPS) is 8.93. The topological polar surface area (TPSA) is 53.2 Å². The summed E-state index contributed by atoms with van der Waals surface area (Å²) in [5.74, 6) is -0.304. The van der Waals surface area contributed by atoms with E-state index in [0.717, 1.165) is 0 Å². The summed E-state index contributed by atoms with van der Waals surface area (Å²) >= 11 is 0. The summed E-state index contributed by atoms with van der Waals surface area (Å²) in [6.07, 6.45) is 0. The molecular formula is C11H10N2O. The van der Waals surface area contributed by atoms with Crippen LogP contribution >= 0.6 is 0 Å². The van der Waals surface area contributed by atoms with Gasteiger partial charge < -0.3 is 0 Å². The predicted molar refractivity (Wildman–Crippen MR) is 54.3 cm³/mol. The van der Waals surface area contributed by atoms with E-state index in [-0.39, 0.29) is 5.91 Å². The highest BCUT2D eigenvalue weighted by Crippen LogP contribution is 2.05. The van der Waals surface area contributed by atoms with E-state index >= 15 is 0 Å². The third-order valence-electron chi connectivity index (χ3n) is 1.56. The third-order valence-corrected chi connectivity index (χ3v) is 1.56. The minimum Gasteiger partial charge on any atom is -0.267 e. The molecule has 1 amide bonds. The Morgan fingerprint density at radius 2 is 2.14 bits per heavy atom. The first-order valence-corrected chi connectivity index (χ1v) is 4.20. The fourth-order valence-electron chi connectivity index (χ4n) is 0.989. The first kappa shape index (κ1) is 10.1. The molecule has 3 heteroatoms. The van der Waals surface area contributed by atoms with Crippen molar-refractivity contribution in [3.63, 3.8) is 0 Å². The van der Waals surface area contributed by atoms with Crippen molar-refractivity contribution in [2.45, 2.75) is 13.8 Å². The van der Waals surface area contributed by atoms with Crippen LogP contribution < -0.4 is 0 Å². The van der Waals surface area contributed by atoms with Gasteiger partial charge in [0.05, 0.1) is 11.6 Å². The molecule has 0 radical (unpaired) electrons. The number of carbonyl (C=O) groups excluding carboxylic acids is 1. The van der Waals surface area contributed by atoms with Gasteiger partial charge in [-0.3, -0.25) is 4.79 Å². The van der Waals surface area contributed by atoms with Crippen LogP contribution in [-0.4, -0.2) is 11.6 Å². The number of nitriles is 1. The minimum absolute atomic E-state index is 0.304. The minimum atomic E-state index is -0.304. The van der Waals surface area contributed by atoms with Gasteiger partial charge in [-0.15, -0.1) is 0 Å². The molecule has 70 valence electrons. The molecule has 0 aromatic heterocycles. The second kappa shape index (κ2) is 4.33. The standard InChI is InChI=1S/C11H10N2O/c1-8(2)13-11(14)10-5-3-4-9(6-10)7-12/h3-6H,1-2H3. The van der Waals surface area contributed by atoms with Gasteiger partial charge >= 0.3 is 0 Å². The smallest absolute Gasteiger partial charge is 0.267 e. The van der Waals surface area contributed by atoms with Crippen molar-refractivity contribution in [3.05, 3.63) is 35.4 Å². The van der Waals surface area contributed by atoms with E-state index in [0.29, 0.717) is 16.8 Å². The Balaban J connectivity index is 3.03. The van der Waals surface area contributed by atoms with Gasteiger partial charge in [0, 0.05) is 11.3 Å². The largest absolute Gasteiger partial charge is 0.276 e. The number of benzene rings is 1. The van der Waals surface area contributed by atoms with Crippen LogP contribution in [0.5, 0.6) is 0 Å². The molecule has 14 heavy (non-hydrogen) atoms. The highest BCUT2D eigenvalue weighted by Gasteiger charge is 2.03. The van der Waals surface area contributed by atoms with Crippen molar-refractivity contribution in [1.29, 1.82) is 5.26 Å². The van der Waals surface area contributed by atoms with Gasteiger partial charge in [0.15, 0.2) is 0 Å². The molecule has 3 nitrogen and oxygen atoms in total. The van der Waals surface area contributed by atoms with Crippen molar-refractivity contribution < 1.29 is 4.79 Å². The van der Waals surface area contributed by atoms with Crippen molar-refractivity contribution in [2.75, 3.05) is 0 Å². The zero-order valence-electron chi connectivity index (χ0n) is 8.11. The zero-order chi connectivity index (χ0) is 10.6. The number of aliphatic imine (C=N–C) groups is 1. The maximum absolute atomic E-state index is 11.4. The summed E-state index contributed by atoms with van der Waals surface area (Å²) in [6.45, 7) is 3.51. The molecule has 0 aliphatic rings. The van der Waals surface area contributed by atoms with Gasteiger partial charge in [-0.2, -0.15) is 5.26 Å².